The Hall–Kier alpha value is -1.10. The van der Waals surface area contributed by atoms with Crippen LogP contribution in [-0.4, -0.2) is 39.2 Å². The molecule has 0 fully saturated rings. The summed E-state index contributed by atoms with van der Waals surface area (Å²) in [5.74, 6) is -0.288. The lowest BCUT2D eigenvalue weighted by atomic mass is 10.2. The first kappa shape index (κ1) is 13.9. The van der Waals surface area contributed by atoms with Crippen molar-refractivity contribution in [3.05, 3.63) is 0 Å². The van der Waals surface area contributed by atoms with Gasteiger partial charge in [-0.3, -0.25) is 9.59 Å². The summed E-state index contributed by atoms with van der Waals surface area (Å²) in [6, 6.07) is 0. The molecule has 0 heterocycles. The highest BCUT2D eigenvalue weighted by Gasteiger charge is 2.00. The molecule has 0 atom stereocenters. The Morgan fingerprint density at radius 2 is 1.87 bits per heavy atom. The van der Waals surface area contributed by atoms with Gasteiger partial charge in [-0.2, -0.15) is 0 Å². The second kappa shape index (κ2) is 9.45. The van der Waals surface area contributed by atoms with Crippen molar-refractivity contribution in [1.29, 1.82) is 0 Å². The van der Waals surface area contributed by atoms with E-state index >= 15 is 0 Å². The number of amides is 1. The van der Waals surface area contributed by atoms with Crippen LogP contribution >= 0.6 is 0 Å². The van der Waals surface area contributed by atoms with Crippen LogP contribution in [-0.2, 0) is 19.1 Å². The number of unbranched alkanes of at least 4 members (excludes halogenated alkanes) is 2. The molecule has 5 nitrogen and oxygen atoms in total. The minimum absolute atomic E-state index is 0.0994. The summed E-state index contributed by atoms with van der Waals surface area (Å²) < 4.78 is 9.16. The number of rotatable bonds is 8. The van der Waals surface area contributed by atoms with Crippen molar-refractivity contribution in [2.75, 3.05) is 27.4 Å². The number of hydrogen-bond acceptors (Lipinski definition) is 4. The molecule has 0 aliphatic heterocycles. The topological polar surface area (TPSA) is 64.6 Å². The number of hydrogen-bond donors (Lipinski definition) is 1. The molecule has 0 saturated heterocycles. The Bertz CT molecular complexity index is 194. The summed E-state index contributed by atoms with van der Waals surface area (Å²) in [5, 5.41) is 2.71. The van der Waals surface area contributed by atoms with Gasteiger partial charge in [-0.05, 0) is 12.8 Å². The Morgan fingerprint density at radius 3 is 2.47 bits per heavy atom. The van der Waals surface area contributed by atoms with Crippen LogP contribution in [0.3, 0.4) is 0 Å². The lowest BCUT2D eigenvalue weighted by molar-refractivity contribution is -0.140. The van der Waals surface area contributed by atoms with E-state index in [-0.39, 0.29) is 18.5 Å². The molecule has 88 valence electrons. The highest BCUT2D eigenvalue weighted by Crippen LogP contribution is 1.99. The standard InChI is InChI=1S/C10H19NO4/c1-14-8-9(12)11-7-5-3-4-6-10(13)15-2/h3-8H2,1-2H3,(H,11,12). The molecule has 0 radical (unpaired) electrons. The third kappa shape index (κ3) is 9.21. The van der Waals surface area contributed by atoms with E-state index in [0.717, 1.165) is 19.3 Å². The minimum Gasteiger partial charge on any atom is -0.469 e. The SMILES string of the molecule is COCC(=O)NCCCCCC(=O)OC. The van der Waals surface area contributed by atoms with Crippen LogP contribution in [0.5, 0.6) is 0 Å². The predicted octanol–water partition coefficient (Wildman–Crippen LogP) is 0.482. The lowest BCUT2D eigenvalue weighted by Crippen LogP contribution is -2.27. The van der Waals surface area contributed by atoms with Crippen molar-refractivity contribution in [1.82, 2.24) is 5.32 Å². The van der Waals surface area contributed by atoms with E-state index in [4.69, 9.17) is 0 Å². The molecule has 1 amide bonds. The maximum atomic E-state index is 10.9. The molecule has 0 unspecified atom stereocenters. The molecule has 0 aromatic heterocycles. The van der Waals surface area contributed by atoms with Crippen LogP contribution in [0.2, 0.25) is 0 Å². The summed E-state index contributed by atoms with van der Waals surface area (Å²) in [7, 11) is 2.86. The zero-order chi connectivity index (χ0) is 11.5. The van der Waals surface area contributed by atoms with Crippen molar-refractivity contribution < 1.29 is 19.1 Å². The van der Waals surface area contributed by atoms with Gasteiger partial charge in [-0.25, -0.2) is 0 Å². The number of methoxy groups -OCH3 is 2. The number of ether oxygens (including phenoxy) is 2. The van der Waals surface area contributed by atoms with Crippen molar-refractivity contribution in [2.45, 2.75) is 25.7 Å². The highest BCUT2D eigenvalue weighted by atomic mass is 16.5. The summed E-state index contributed by atoms with van der Waals surface area (Å²) >= 11 is 0. The first-order valence-electron chi connectivity index (χ1n) is 5.03. The fourth-order valence-corrected chi connectivity index (χ4v) is 1.08. The molecule has 15 heavy (non-hydrogen) atoms. The molecule has 0 aromatic carbocycles. The largest absolute Gasteiger partial charge is 0.469 e. The predicted molar refractivity (Wildman–Crippen MR) is 55.4 cm³/mol. The minimum atomic E-state index is -0.182. The fourth-order valence-electron chi connectivity index (χ4n) is 1.08. The van der Waals surface area contributed by atoms with E-state index in [9.17, 15) is 9.59 Å². The molecule has 0 aliphatic carbocycles. The van der Waals surface area contributed by atoms with Gasteiger partial charge in [0, 0.05) is 20.1 Å². The summed E-state index contributed by atoms with van der Waals surface area (Å²) in [6.07, 6.45) is 3.02. The van der Waals surface area contributed by atoms with Crippen molar-refractivity contribution in [2.24, 2.45) is 0 Å². The average Bonchev–Trinajstić information content (AvgIpc) is 2.23. The molecule has 0 aromatic rings. The summed E-state index contributed by atoms with van der Waals surface area (Å²) in [6.45, 7) is 0.728. The van der Waals surface area contributed by atoms with Crippen LogP contribution in [0.25, 0.3) is 0 Å². The number of carbonyl (C=O) groups is 2. The van der Waals surface area contributed by atoms with Crippen LogP contribution in [0.15, 0.2) is 0 Å². The van der Waals surface area contributed by atoms with E-state index in [1.54, 1.807) is 0 Å². The average molecular weight is 217 g/mol. The van der Waals surface area contributed by atoms with Gasteiger partial charge < -0.3 is 14.8 Å². The van der Waals surface area contributed by atoms with Crippen molar-refractivity contribution in [3.63, 3.8) is 0 Å². The fraction of sp³-hybridized carbons (Fsp3) is 0.800. The van der Waals surface area contributed by atoms with Crippen LogP contribution in [0, 0.1) is 0 Å². The van der Waals surface area contributed by atoms with E-state index in [0.29, 0.717) is 13.0 Å². The van der Waals surface area contributed by atoms with Gasteiger partial charge >= 0.3 is 5.97 Å². The molecule has 5 heteroatoms. The van der Waals surface area contributed by atoms with Crippen LogP contribution < -0.4 is 5.32 Å². The molecule has 0 rings (SSSR count). The van der Waals surface area contributed by atoms with Gasteiger partial charge in [0.15, 0.2) is 0 Å². The molecule has 0 saturated carbocycles. The number of esters is 1. The molecule has 0 spiro atoms. The van der Waals surface area contributed by atoms with Gasteiger partial charge in [0.2, 0.25) is 5.91 Å². The zero-order valence-electron chi connectivity index (χ0n) is 9.38. The van der Waals surface area contributed by atoms with Gasteiger partial charge in [0.05, 0.1) is 7.11 Å². The Kier molecular flexibility index (Phi) is 8.76. The van der Waals surface area contributed by atoms with Gasteiger partial charge in [0.1, 0.15) is 6.61 Å². The van der Waals surface area contributed by atoms with Gasteiger partial charge in [-0.15, -0.1) is 0 Å². The monoisotopic (exact) mass is 217 g/mol. The Balaban J connectivity index is 3.18. The zero-order valence-corrected chi connectivity index (χ0v) is 9.38. The summed E-state index contributed by atoms with van der Waals surface area (Å²) in [5.41, 5.74) is 0. The molecule has 0 aliphatic rings. The molecular formula is C10H19NO4. The van der Waals surface area contributed by atoms with Gasteiger partial charge in [-0.1, -0.05) is 6.42 Å². The quantitative estimate of drug-likeness (QED) is 0.474. The van der Waals surface area contributed by atoms with Gasteiger partial charge in [0.25, 0.3) is 0 Å². The third-order valence-electron chi connectivity index (χ3n) is 1.88. The molecule has 0 bridgehead atoms. The van der Waals surface area contributed by atoms with E-state index in [2.05, 4.69) is 14.8 Å². The van der Waals surface area contributed by atoms with Crippen molar-refractivity contribution >= 4 is 11.9 Å². The van der Waals surface area contributed by atoms with E-state index < -0.39 is 0 Å². The number of carbonyl (C=O) groups excluding carboxylic acids is 2. The lowest BCUT2D eigenvalue weighted by Gasteiger charge is -2.03. The molecular weight excluding hydrogens is 198 g/mol. The van der Waals surface area contributed by atoms with Crippen LogP contribution in [0.1, 0.15) is 25.7 Å². The maximum absolute atomic E-state index is 10.9. The van der Waals surface area contributed by atoms with Crippen molar-refractivity contribution in [3.8, 4) is 0 Å². The molecule has 1 N–H and O–H groups in total. The Morgan fingerprint density at radius 1 is 1.13 bits per heavy atom. The second-order valence-electron chi connectivity index (χ2n) is 3.17. The van der Waals surface area contributed by atoms with E-state index in [1.165, 1.54) is 14.2 Å². The smallest absolute Gasteiger partial charge is 0.305 e. The Labute approximate surface area is 90.1 Å². The highest BCUT2D eigenvalue weighted by molar-refractivity contribution is 5.77. The first-order chi connectivity index (χ1) is 7.20. The van der Waals surface area contributed by atoms with Crippen LogP contribution in [0.4, 0.5) is 0 Å². The number of nitrogens with one attached hydrogen (secondary N) is 1. The third-order valence-corrected chi connectivity index (χ3v) is 1.88. The first-order valence-corrected chi connectivity index (χ1v) is 5.03. The maximum Gasteiger partial charge on any atom is 0.305 e. The second-order valence-corrected chi connectivity index (χ2v) is 3.17. The normalized spacial score (nSPS) is 9.73. The summed E-state index contributed by atoms with van der Waals surface area (Å²) in [4.78, 5) is 21.6. The van der Waals surface area contributed by atoms with E-state index in [1.807, 2.05) is 0 Å².